The number of nitrogens with zero attached hydrogens (tertiary/aromatic N) is 2. The van der Waals surface area contributed by atoms with E-state index in [2.05, 4.69) is 10.2 Å². The van der Waals surface area contributed by atoms with E-state index in [9.17, 15) is 9.90 Å². The Morgan fingerprint density at radius 1 is 0.972 bits per heavy atom. The van der Waals surface area contributed by atoms with Crippen LogP contribution < -0.4 is 14.2 Å². The van der Waals surface area contributed by atoms with Crippen molar-refractivity contribution in [3.05, 3.63) is 88.1 Å². The van der Waals surface area contributed by atoms with Crippen LogP contribution >= 0.6 is 11.6 Å². The van der Waals surface area contributed by atoms with Crippen LogP contribution in [0.3, 0.4) is 0 Å². The molecule has 0 saturated carbocycles. The SMILES string of the molecule is COc1ccc(CN2C(=O)c3[nH]nc(-c4ccc(Cl)cc4)c3C2c2cc(OC)c(O)c(OC)c2)cc1. The number of rotatable bonds is 7. The average Bonchev–Trinajstić information content (AvgIpc) is 3.44. The standard InChI is InChI=1S/C27H24ClN3O5/c1-34-19-10-4-15(5-11-19)14-31-25(17-12-20(35-2)26(32)21(13-17)36-3)22-23(29-30-24(22)27(31)33)16-6-8-18(28)9-7-16/h4-13,25,32H,14H2,1-3H3,(H,29,30). The third kappa shape index (κ3) is 3.99. The van der Waals surface area contributed by atoms with Crippen LogP contribution in [-0.4, -0.2) is 47.4 Å². The van der Waals surface area contributed by atoms with Crippen LogP contribution in [0.4, 0.5) is 0 Å². The van der Waals surface area contributed by atoms with Gasteiger partial charge in [0.05, 0.1) is 33.1 Å². The molecule has 9 heteroatoms. The topological polar surface area (TPSA) is 96.9 Å². The zero-order valence-corrected chi connectivity index (χ0v) is 20.7. The molecule has 0 bridgehead atoms. The fourth-order valence-corrected chi connectivity index (χ4v) is 4.66. The van der Waals surface area contributed by atoms with E-state index in [0.29, 0.717) is 28.5 Å². The van der Waals surface area contributed by atoms with Crippen molar-refractivity contribution in [3.63, 3.8) is 0 Å². The van der Waals surface area contributed by atoms with Crippen molar-refractivity contribution in [1.82, 2.24) is 15.1 Å². The van der Waals surface area contributed by atoms with E-state index in [1.54, 1.807) is 36.3 Å². The Labute approximate surface area is 213 Å². The van der Waals surface area contributed by atoms with Crippen LogP contribution in [0.2, 0.25) is 5.02 Å². The molecular formula is C27H24ClN3O5. The molecule has 4 aromatic rings. The minimum Gasteiger partial charge on any atom is -0.502 e. The Balaban J connectivity index is 1.67. The maximum Gasteiger partial charge on any atom is 0.273 e. The summed E-state index contributed by atoms with van der Waals surface area (Å²) in [4.78, 5) is 15.4. The molecule has 1 aromatic heterocycles. The lowest BCUT2D eigenvalue weighted by Crippen LogP contribution is -2.29. The molecule has 3 aromatic carbocycles. The number of methoxy groups -OCH3 is 3. The number of aromatic amines is 1. The van der Waals surface area contributed by atoms with E-state index in [0.717, 1.165) is 22.4 Å². The number of fused-ring (bicyclic) bond motifs is 1. The van der Waals surface area contributed by atoms with E-state index < -0.39 is 6.04 Å². The van der Waals surface area contributed by atoms with Gasteiger partial charge in [-0.25, -0.2) is 0 Å². The summed E-state index contributed by atoms with van der Waals surface area (Å²) in [6, 6.07) is 17.8. The molecule has 2 heterocycles. The Morgan fingerprint density at radius 2 is 1.61 bits per heavy atom. The first-order valence-corrected chi connectivity index (χ1v) is 11.6. The number of hydrogen-bond acceptors (Lipinski definition) is 6. The van der Waals surface area contributed by atoms with Gasteiger partial charge in [-0.1, -0.05) is 35.9 Å². The number of benzene rings is 3. The van der Waals surface area contributed by atoms with Gasteiger partial charge < -0.3 is 24.2 Å². The highest BCUT2D eigenvalue weighted by Gasteiger charge is 2.42. The number of aromatic hydroxyl groups is 1. The molecule has 1 unspecified atom stereocenters. The number of carbonyl (C=O) groups is 1. The zero-order valence-electron chi connectivity index (χ0n) is 19.9. The van der Waals surface area contributed by atoms with Gasteiger partial charge in [-0.2, -0.15) is 5.10 Å². The predicted molar refractivity (Wildman–Crippen MR) is 135 cm³/mol. The van der Waals surface area contributed by atoms with Crippen LogP contribution in [-0.2, 0) is 6.54 Å². The van der Waals surface area contributed by atoms with Gasteiger partial charge in [0.15, 0.2) is 11.5 Å². The van der Waals surface area contributed by atoms with Crippen molar-refractivity contribution >= 4 is 17.5 Å². The highest BCUT2D eigenvalue weighted by molar-refractivity contribution is 6.30. The van der Waals surface area contributed by atoms with Gasteiger partial charge in [0.1, 0.15) is 11.4 Å². The molecule has 1 atom stereocenters. The number of phenolic OH excluding ortho intramolecular Hbond substituents is 1. The van der Waals surface area contributed by atoms with E-state index in [4.69, 9.17) is 25.8 Å². The Hall–Kier alpha value is -4.17. The second kappa shape index (κ2) is 9.47. The fraction of sp³-hybridized carbons (Fsp3) is 0.185. The Bertz CT molecular complexity index is 1390. The molecule has 1 aliphatic heterocycles. The molecule has 0 spiro atoms. The first-order chi connectivity index (χ1) is 17.4. The van der Waals surface area contributed by atoms with Gasteiger partial charge in [0, 0.05) is 22.7 Å². The average molecular weight is 506 g/mol. The van der Waals surface area contributed by atoms with Crippen LogP contribution in [0.25, 0.3) is 11.3 Å². The molecule has 5 rings (SSSR count). The van der Waals surface area contributed by atoms with Crippen LogP contribution in [0, 0.1) is 0 Å². The number of ether oxygens (including phenoxy) is 3. The first-order valence-electron chi connectivity index (χ1n) is 11.2. The van der Waals surface area contributed by atoms with Gasteiger partial charge >= 0.3 is 0 Å². The molecule has 0 fully saturated rings. The first kappa shape index (κ1) is 23.6. The number of H-pyrrole nitrogens is 1. The van der Waals surface area contributed by atoms with Crippen molar-refractivity contribution in [1.29, 1.82) is 0 Å². The van der Waals surface area contributed by atoms with E-state index in [-0.39, 0.29) is 23.2 Å². The Kier molecular flexibility index (Phi) is 6.20. The second-order valence-corrected chi connectivity index (χ2v) is 8.76. The van der Waals surface area contributed by atoms with Gasteiger partial charge in [-0.15, -0.1) is 0 Å². The quantitative estimate of drug-likeness (QED) is 0.358. The summed E-state index contributed by atoms with van der Waals surface area (Å²) in [7, 11) is 4.55. The summed E-state index contributed by atoms with van der Waals surface area (Å²) in [5.74, 6) is 0.914. The predicted octanol–water partition coefficient (Wildman–Crippen LogP) is 5.21. The minimum atomic E-state index is -0.526. The summed E-state index contributed by atoms with van der Waals surface area (Å²) in [6.07, 6.45) is 0. The summed E-state index contributed by atoms with van der Waals surface area (Å²) < 4.78 is 16.1. The molecule has 0 radical (unpaired) electrons. The van der Waals surface area contributed by atoms with Gasteiger partial charge in [-0.3, -0.25) is 9.89 Å². The fourth-order valence-electron chi connectivity index (χ4n) is 4.53. The number of aromatic nitrogens is 2. The molecule has 0 saturated heterocycles. The van der Waals surface area contributed by atoms with Crippen LogP contribution in [0.1, 0.15) is 33.2 Å². The second-order valence-electron chi connectivity index (χ2n) is 8.33. The number of halogens is 1. The Morgan fingerprint density at radius 3 is 2.19 bits per heavy atom. The number of hydrogen-bond donors (Lipinski definition) is 2. The van der Waals surface area contributed by atoms with Gasteiger partial charge in [0.2, 0.25) is 5.75 Å². The normalized spacial score (nSPS) is 14.6. The minimum absolute atomic E-state index is 0.111. The van der Waals surface area contributed by atoms with Crippen molar-refractivity contribution < 1.29 is 24.1 Å². The molecule has 1 amide bonds. The van der Waals surface area contributed by atoms with Gasteiger partial charge in [-0.05, 0) is 47.5 Å². The number of carbonyl (C=O) groups excluding carboxylic acids is 1. The van der Waals surface area contributed by atoms with Gasteiger partial charge in [0.25, 0.3) is 5.91 Å². The highest BCUT2D eigenvalue weighted by Crippen LogP contribution is 2.47. The summed E-state index contributed by atoms with van der Waals surface area (Å²) >= 11 is 6.10. The van der Waals surface area contributed by atoms with Crippen molar-refractivity contribution in [2.45, 2.75) is 12.6 Å². The molecule has 184 valence electrons. The van der Waals surface area contributed by atoms with Crippen LogP contribution in [0.15, 0.2) is 60.7 Å². The monoisotopic (exact) mass is 505 g/mol. The van der Waals surface area contributed by atoms with Crippen molar-refractivity contribution in [2.24, 2.45) is 0 Å². The molecule has 0 aliphatic carbocycles. The lowest BCUT2D eigenvalue weighted by molar-refractivity contribution is 0.0729. The number of phenols is 1. The molecular weight excluding hydrogens is 482 g/mol. The largest absolute Gasteiger partial charge is 0.502 e. The zero-order chi connectivity index (χ0) is 25.4. The lowest BCUT2D eigenvalue weighted by Gasteiger charge is -2.27. The molecule has 1 aliphatic rings. The third-order valence-electron chi connectivity index (χ3n) is 6.31. The summed E-state index contributed by atoms with van der Waals surface area (Å²) in [5, 5.41) is 18.5. The summed E-state index contributed by atoms with van der Waals surface area (Å²) in [5.41, 5.74) is 4.23. The maximum atomic E-state index is 13.7. The highest BCUT2D eigenvalue weighted by atomic mass is 35.5. The van der Waals surface area contributed by atoms with E-state index >= 15 is 0 Å². The smallest absolute Gasteiger partial charge is 0.273 e. The molecule has 36 heavy (non-hydrogen) atoms. The van der Waals surface area contributed by atoms with E-state index in [1.165, 1.54) is 14.2 Å². The van der Waals surface area contributed by atoms with Crippen molar-refractivity contribution in [3.8, 4) is 34.3 Å². The lowest BCUT2D eigenvalue weighted by atomic mass is 9.95. The van der Waals surface area contributed by atoms with Crippen LogP contribution in [0.5, 0.6) is 23.0 Å². The number of nitrogens with one attached hydrogen (secondary N) is 1. The maximum absolute atomic E-state index is 13.7. The van der Waals surface area contributed by atoms with E-state index in [1.807, 2.05) is 36.4 Å². The van der Waals surface area contributed by atoms with Crippen molar-refractivity contribution in [2.75, 3.05) is 21.3 Å². The molecule has 8 nitrogen and oxygen atoms in total. The third-order valence-corrected chi connectivity index (χ3v) is 6.56. The summed E-state index contributed by atoms with van der Waals surface area (Å²) in [6.45, 7) is 0.335. The molecule has 2 N–H and O–H groups in total. The number of amides is 1.